The SMILES string of the molecule is Cc1ccc(COc2nccc(C3=CCN(Cc4nc5oc(C(=O)O)cc5n4C)CC3)n2)c(P)c1. The highest BCUT2D eigenvalue weighted by Crippen LogP contribution is 2.25. The minimum absolute atomic E-state index is 0.101. The molecule has 0 spiro atoms. The lowest BCUT2D eigenvalue weighted by Gasteiger charge is -2.25. The molecule has 0 bridgehead atoms. The van der Waals surface area contributed by atoms with Crippen molar-refractivity contribution >= 4 is 37.3 Å². The second-order valence-electron chi connectivity index (χ2n) is 8.62. The number of rotatable bonds is 7. The van der Waals surface area contributed by atoms with Gasteiger partial charge in [0.1, 0.15) is 17.9 Å². The second-order valence-corrected chi connectivity index (χ2v) is 9.25. The number of aromatic carboxylic acids is 1. The monoisotopic (exact) mass is 491 g/mol. The summed E-state index contributed by atoms with van der Waals surface area (Å²) in [6.45, 7) is 4.72. The standard InChI is InChI=1S/C25H26N5O4P/c1-15-3-4-17(21(35)11-15)14-33-25-26-8-5-18(27-25)16-6-9-30(10-7-16)13-22-28-23-19(29(22)2)12-20(34-23)24(31)32/h3-6,8,11-12H,7,9-10,13-14,35H2,1-2H3,(H,31,32). The Morgan fingerprint density at radius 3 is 2.83 bits per heavy atom. The van der Waals surface area contributed by atoms with Gasteiger partial charge in [-0.2, -0.15) is 9.97 Å². The lowest BCUT2D eigenvalue weighted by atomic mass is 10.0. The number of aromatic nitrogens is 4. The molecule has 35 heavy (non-hydrogen) atoms. The first kappa shape index (κ1) is 23.2. The number of carboxylic acids is 1. The molecule has 5 rings (SSSR count). The zero-order valence-electron chi connectivity index (χ0n) is 19.6. The van der Waals surface area contributed by atoms with E-state index in [1.165, 1.54) is 11.6 Å². The van der Waals surface area contributed by atoms with Crippen LogP contribution in [0.15, 0.2) is 47.0 Å². The fourth-order valence-electron chi connectivity index (χ4n) is 4.14. The van der Waals surface area contributed by atoms with Crippen LogP contribution in [0.25, 0.3) is 16.8 Å². The zero-order valence-corrected chi connectivity index (χ0v) is 20.7. The van der Waals surface area contributed by atoms with Gasteiger partial charge in [-0.3, -0.25) is 4.90 Å². The van der Waals surface area contributed by atoms with E-state index in [0.717, 1.165) is 47.5 Å². The minimum atomic E-state index is -1.10. The zero-order chi connectivity index (χ0) is 24.5. The molecular formula is C25H26N5O4P. The van der Waals surface area contributed by atoms with Gasteiger partial charge >= 0.3 is 12.0 Å². The molecule has 1 unspecified atom stereocenters. The molecule has 4 heterocycles. The van der Waals surface area contributed by atoms with Gasteiger partial charge in [0, 0.05) is 32.4 Å². The van der Waals surface area contributed by atoms with Crippen molar-refractivity contribution in [1.29, 1.82) is 0 Å². The molecule has 0 radical (unpaired) electrons. The maximum absolute atomic E-state index is 11.1. The number of hydrogen-bond donors (Lipinski definition) is 1. The van der Waals surface area contributed by atoms with Crippen molar-refractivity contribution in [1.82, 2.24) is 24.4 Å². The number of carboxylic acid groups (broad SMARTS) is 1. The Hall–Kier alpha value is -3.55. The van der Waals surface area contributed by atoms with Gasteiger partial charge in [0.05, 0.1) is 12.2 Å². The van der Waals surface area contributed by atoms with E-state index in [1.807, 2.05) is 17.7 Å². The smallest absolute Gasteiger partial charge is 0.371 e. The molecule has 3 aromatic heterocycles. The number of nitrogens with zero attached hydrogens (tertiary/aromatic N) is 5. The first-order valence-corrected chi connectivity index (χ1v) is 11.9. The molecule has 1 aliphatic rings. The number of hydrogen-bond acceptors (Lipinski definition) is 7. The van der Waals surface area contributed by atoms with Gasteiger partial charge in [-0.1, -0.05) is 29.8 Å². The summed E-state index contributed by atoms with van der Waals surface area (Å²) in [5, 5.41) is 10.2. The predicted octanol–water partition coefficient (Wildman–Crippen LogP) is 3.33. The number of aryl methyl sites for hydroxylation is 2. The average molecular weight is 491 g/mol. The number of imidazole rings is 1. The van der Waals surface area contributed by atoms with Crippen molar-refractivity contribution in [3.8, 4) is 6.01 Å². The number of ether oxygens (including phenoxy) is 1. The molecule has 4 aromatic rings. The Morgan fingerprint density at radius 2 is 2.11 bits per heavy atom. The quantitative estimate of drug-likeness (QED) is 0.393. The number of carbonyl (C=O) groups is 1. The third kappa shape index (κ3) is 4.97. The van der Waals surface area contributed by atoms with E-state index in [1.54, 1.807) is 6.20 Å². The highest BCUT2D eigenvalue weighted by Gasteiger charge is 2.20. The Bertz CT molecular complexity index is 1440. The summed E-state index contributed by atoms with van der Waals surface area (Å²) in [7, 11) is 4.62. The molecule has 10 heteroatoms. The number of furan rings is 1. The summed E-state index contributed by atoms with van der Waals surface area (Å²) < 4.78 is 13.1. The topological polar surface area (TPSA) is 107 Å². The van der Waals surface area contributed by atoms with Gasteiger partial charge in [0.2, 0.25) is 11.5 Å². The van der Waals surface area contributed by atoms with E-state index in [2.05, 4.69) is 60.3 Å². The minimum Gasteiger partial charge on any atom is -0.475 e. The first-order valence-electron chi connectivity index (χ1n) is 11.3. The summed E-state index contributed by atoms with van der Waals surface area (Å²) in [6, 6.07) is 10.0. The molecule has 1 aromatic carbocycles. The second kappa shape index (κ2) is 9.60. The van der Waals surface area contributed by atoms with Gasteiger partial charge in [-0.25, -0.2) is 9.78 Å². The van der Waals surface area contributed by atoms with Crippen LogP contribution in [0.2, 0.25) is 0 Å². The van der Waals surface area contributed by atoms with Gasteiger partial charge in [0.15, 0.2) is 0 Å². The Labute approximate surface area is 204 Å². The lowest BCUT2D eigenvalue weighted by molar-refractivity contribution is 0.0664. The molecular weight excluding hydrogens is 465 g/mol. The van der Waals surface area contributed by atoms with Crippen molar-refractivity contribution in [2.45, 2.75) is 26.5 Å². The van der Waals surface area contributed by atoms with Crippen molar-refractivity contribution in [3.63, 3.8) is 0 Å². The molecule has 1 N–H and O–H groups in total. The largest absolute Gasteiger partial charge is 0.475 e. The van der Waals surface area contributed by atoms with Gasteiger partial charge in [0.25, 0.3) is 0 Å². The summed E-state index contributed by atoms with van der Waals surface area (Å²) in [6.07, 6.45) is 4.75. The summed E-state index contributed by atoms with van der Waals surface area (Å²) >= 11 is 0. The van der Waals surface area contributed by atoms with E-state index in [0.29, 0.717) is 30.4 Å². The van der Waals surface area contributed by atoms with Crippen LogP contribution < -0.4 is 10.0 Å². The van der Waals surface area contributed by atoms with Crippen LogP contribution in [-0.2, 0) is 20.2 Å². The molecule has 0 aliphatic carbocycles. The molecule has 0 amide bonds. The molecule has 1 aliphatic heterocycles. The van der Waals surface area contributed by atoms with Crippen LogP contribution in [0, 0.1) is 6.92 Å². The predicted molar refractivity (Wildman–Crippen MR) is 135 cm³/mol. The molecule has 180 valence electrons. The third-order valence-electron chi connectivity index (χ3n) is 6.16. The van der Waals surface area contributed by atoms with E-state index in [4.69, 9.17) is 14.3 Å². The Balaban J connectivity index is 1.23. The molecule has 9 nitrogen and oxygen atoms in total. The third-order valence-corrected chi connectivity index (χ3v) is 6.70. The van der Waals surface area contributed by atoms with E-state index in [9.17, 15) is 4.79 Å². The van der Waals surface area contributed by atoms with Crippen LogP contribution in [-0.4, -0.2) is 48.6 Å². The fourth-order valence-corrected chi connectivity index (χ4v) is 4.58. The molecule has 0 saturated heterocycles. The summed E-state index contributed by atoms with van der Waals surface area (Å²) in [5.41, 5.74) is 5.36. The van der Waals surface area contributed by atoms with Gasteiger partial charge in [-0.15, -0.1) is 9.24 Å². The van der Waals surface area contributed by atoms with Crippen LogP contribution >= 0.6 is 9.24 Å². The van der Waals surface area contributed by atoms with Crippen LogP contribution in [0.4, 0.5) is 0 Å². The normalized spacial score (nSPS) is 14.3. The van der Waals surface area contributed by atoms with Gasteiger partial charge < -0.3 is 18.8 Å². The summed E-state index contributed by atoms with van der Waals surface area (Å²) in [5.74, 6) is -0.369. The van der Waals surface area contributed by atoms with Crippen molar-refractivity contribution in [2.24, 2.45) is 7.05 Å². The van der Waals surface area contributed by atoms with E-state index >= 15 is 0 Å². The number of benzene rings is 1. The van der Waals surface area contributed by atoms with Gasteiger partial charge in [-0.05, 0) is 35.9 Å². The highest BCUT2D eigenvalue weighted by atomic mass is 31.0. The Kier molecular flexibility index (Phi) is 6.36. The van der Waals surface area contributed by atoms with Crippen molar-refractivity contribution in [3.05, 3.63) is 71.0 Å². The maximum atomic E-state index is 11.1. The van der Waals surface area contributed by atoms with E-state index in [-0.39, 0.29) is 5.76 Å². The fraction of sp³-hybridized carbons (Fsp3) is 0.280. The van der Waals surface area contributed by atoms with Crippen LogP contribution in [0.5, 0.6) is 6.01 Å². The van der Waals surface area contributed by atoms with Crippen molar-refractivity contribution < 1.29 is 19.1 Å². The highest BCUT2D eigenvalue weighted by molar-refractivity contribution is 7.27. The van der Waals surface area contributed by atoms with E-state index < -0.39 is 5.97 Å². The van der Waals surface area contributed by atoms with Crippen LogP contribution in [0.1, 0.15) is 39.6 Å². The molecule has 1 atom stereocenters. The number of fused-ring (bicyclic) bond motifs is 1. The van der Waals surface area contributed by atoms with Crippen molar-refractivity contribution in [2.75, 3.05) is 13.1 Å². The summed E-state index contributed by atoms with van der Waals surface area (Å²) in [4.78, 5) is 26.8. The van der Waals surface area contributed by atoms with Crippen LogP contribution in [0.3, 0.4) is 0 Å². The molecule has 0 fully saturated rings. The lowest BCUT2D eigenvalue weighted by Crippen LogP contribution is -2.29. The maximum Gasteiger partial charge on any atom is 0.371 e. The Morgan fingerprint density at radius 1 is 1.26 bits per heavy atom. The molecule has 0 saturated carbocycles. The first-order chi connectivity index (χ1) is 16.9. The average Bonchev–Trinajstić information content (AvgIpc) is 3.39.